The Morgan fingerprint density at radius 3 is 2.62 bits per heavy atom. The van der Waals surface area contributed by atoms with Gasteiger partial charge in [-0.3, -0.25) is 4.79 Å². The van der Waals surface area contributed by atoms with Crippen LogP contribution in [0.15, 0.2) is 28.7 Å². The number of esters is 1. The van der Waals surface area contributed by atoms with Crippen LogP contribution in [0.1, 0.15) is 30.7 Å². The van der Waals surface area contributed by atoms with Crippen molar-refractivity contribution in [2.75, 3.05) is 7.11 Å². The van der Waals surface area contributed by atoms with Gasteiger partial charge in [0.1, 0.15) is 0 Å². The van der Waals surface area contributed by atoms with Gasteiger partial charge in [0.05, 0.1) is 13.0 Å². The molecule has 1 saturated carbocycles. The number of rotatable bonds is 2. The molecule has 0 radical (unpaired) electrons. The molecule has 1 unspecified atom stereocenters. The molecule has 0 saturated heterocycles. The van der Waals surface area contributed by atoms with E-state index in [-0.39, 0.29) is 11.9 Å². The Morgan fingerprint density at radius 1 is 1.31 bits per heavy atom. The van der Waals surface area contributed by atoms with E-state index in [1.165, 1.54) is 12.7 Å². The number of methoxy groups -OCH3 is 1. The van der Waals surface area contributed by atoms with Crippen LogP contribution in [-0.4, -0.2) is 13.1 Å². The van der Waals surface area contributed by atoms with Crippen LogP contribution in [0.5, 0.6) is 0 Å². The van der Waals surface area contributed by atoms with Crippen molar-refractivity contribution < 1.29 is 9.53 Å². The van der Waals surface area contributed by atoms with Crippen molar-refractivity contribution in [2.24, 2.45) is 5.92 Å². The van der Waals surface area contributed by atoms with E-state index in [9.17, 15) is 4.79 Å². The quantitative estimate of drug-likeness (QED) is 0.776. The molecule has 1 aliphatic carbocycles. The van der Waals surface area contributed by atoms with Gasteiger partial charge in [0.15, 0.2) is 0 Å². The van der Waals surface area contributed by atoms with Gasteiger partial charge in [-0.25, -0.2) is 0 Å². The summed E-state index contributed by atoms with van der Waals surface area (Å²) in [7, 11) is 1.47. The van der Waals surface area contributed by atoms with Crippen molar-refractivity contribution in [1.82, 2.24) is 0 Å². The van der Waals surface area contributed by atoms with E-state index in [2.05, 4.69) is 40.2 Å². The van der Waals surface area contributed by atoms with Crippen molar-refractivity contribution in [3.63, 3.8) is 0 Å². The first-order valence-electron chi connectivity index (χ1n) is 5.54. The second-order valence-corrected chi connectivity index (χ2v) is 5.20. The summed E-state index contributed by atoms with van der Waals surface area (Å²) in [4.78, 5) is 11.4. The maximum Gasteiger partial charge on any atom is 0.308 e. The Bertz CT molecular complexity index is 372. The molecule has 0 aromatic heterocycles. The molecule has 0 spiro atoms. The average molecular weight is 283 g/mol. The molecule has 1 aliphatic rings. The molecular formula is C13H15BrO2. The van der Waals surface area contributed by atoms with Crippen molar-refractivity contribution in [3.8, 4) is 0 Å². The fourth-order valence-electron chi connectivity index (χ4n) is 2.40. The number of carbonyl (C=O) groups is 1. The van der Waals surface area contributed by atoms with E-state index in [0.717, 1.165) is 23.7 Å². The normalized spacial score (nSPS) is 24.4. The molecule has 1 aromatic rings. The Labute approximate surface area is 104 Å². The minimum Gasteiger partial charge on any atom is -0.469 e. The SMILES string of the molecule is COC(=O)C1CC[C@@H](c2ccc(Br)cc2)C1. The summed E-state index contributed by atoms with van der Waals surface area (Å²) >= 11 is 3.43. The fourth-order valence-corrected chi connectivity index (χ4v) is 2.66. The molecule has 2 nitrogen and oxygen atoms in total. The number of hydrogen-bond donors (Lipinski definition) is 0. The highest BCUT2D eigenvalue weighted by atomic mass is 79.9. The lowest BCUT2D eigenvalue weighted by atomic mass is 9.96. The minimum absolute atomic E-state index is 0.0559. The van der Waals surface area contributed by atoms with Gasteiger partial charge in [0.25, 0.3) is 0 Å². The molecule has 0 N–H and O–H groups in total. The van der Waals surface area contributed by atoms with Crippen LogP contribution in [0.4, 0.5) is 0 Å². The second-order valence-electron chi connectivity index (χ2n) is 4.28. The molecule has 1 aromatic carbocycles. The topological polar surface area (TPSA) is 26.3 Å². The molecule has 3 heteroatoms. The lowest BCUT2D eigenvalue weighted by Gasteiger charge is -2.10. The van der Waals surface area contributed by atoms with Gasteiger partial charge < -0.3 is 4.74 Å². The highest BCUT2D eigenvalue weighted by Crippen LogP contribution is 2.38. The van der Waals surface area contributed by atoms with Crippen molar-refractivity contribution in [3.05, 3.63) is 34.3 Å². The number of halogens is 1. The summed E-state index contributed by atoms with van der Waals surface area (Å²) in [6.45, 7) is 0. The second kappa shape index (κ2) is 5.00. The maximum atomic E-state index is 11.4. The van der Waals surface area contributed by atoms with Crippen LogP contribution < -0.4 is 0 Å². The molecule has 0 heterocycles. The Morgan fingerprint density at radius 2 is 2.00 bits per heavy atom. The molecule has 0 amide bonds. The summed E-state index contributed by atoms with van der Waals surface area (Å²) in [5.41, 5.74) is 1.33. The third kappa shape index (κ3) is 2.46. The summed E-state index contributed by atoms with van der Waals surface area (Å²) in [6.07, 6.45) is 2.96. The first-order chi connectivity index (χ1) is 7.70. The van der Waals surface area contributed by atoms with E-state index in [1.807, 2.05) is 0 Å². The first kappa shape index (κ1) is 11.6. The molecule has 86 valence electrons. The number of hydrogen-bond acceptors (Lipinski definition) is 2. The van der Waals surface area contributed by atoms with Crippen LogP contribution in [0.2, 0.25) is 0 Å². The van der Waals surface area contributed by atoms with Gasteiger partial charge in [0, 0.05) is 4.47 Å². The number of carbonyl (C=O) groups excluding carboxylic acids is 1. The van der Waals surface area contributed by atoms with E-state index >= 15 is 0 Å². The molecule has 0 aliphatic heterocycles. The van der Waals surface area contributed by atoms with E-state index < -0.39 is 0 Å². The van der Waals surface area contributed by atoms with Gasteiger partial charge in [-0.2, -0.15) is 0 Å². The van der Waals surface area contributed by atoms with Crippen LogP contribution in [-0.2, 0) is 9.53 Å². The van der Waals surface area contributed by atoms with Gasteiger partial charge in [-0.1, -0.05) is 28.1 Å². The van der Waals surface area contributed by atoms with Crippen molar-refractivity contribution in [1.29, 1.82) is 0 Å². The predicted octanol–water partition coefficient (Wildman–Crippen LogP) is 3.51. The van der Waals surface area contributed by atoms with E-state index in [4.69, 9.17) is 4.74 Å². The van der Waals surface area contributed by atoms with Gasteiger partial charge >= 0.3 is 5.97 Å². The van der Waals surface area contributed by atoms with Gasteiger partial charge in [-0.05, 0) is 42.9 Å². The van der Waals surface area contributed by atoms with Gasteiger partial charge in [-0.15, -0.1) is 0 Å². The van der Waals surface area contributed by atoms with E-state index in [0.29, 0.717) is 5.92 Å². The Balaban J connectivity index is 2.03. The third-order valence-corrected chi connectivity index (χ3v) is 3.84. The van der Waals surface area contributed by atoms with Crippen LogP contribution in [0.25, 0.3) is 0 Å². The largest absolute Gasteiger partial charge is 0.469 e. The van der Waals surface area contributed by atoms with Gasteiger partial charge in [0.2, 0.25) is 0 Å². The fraction of sp³-hybridized carbons (Fsp3) is 0.462. The minimum atomic E-state index is -0.0559. The van der Waals surface area contributed by atoms with E-state index in [1.54, 1.807) is 0 Å². The number of benzene rings is 1. The molecular weight excluding hydrogens is 268 g/mol. The summed E-state index contributed by atoms with van der Waals surface area (Å²) < 4.78 is 5.89. The molecule has 2 rings (SSSR count). The van der Waals surface area contributed by atoms with Crippen molar-refractivity contribution >= 4 is 21.9 Å². The lowest BCUT2D eigenvalue weighted by Crippen LogP contribution is -2.12. The lowest BCUT2D eigenvalue weighted by molar-refractivity contribution is -0.145. The van der Waals surface area contributed by atoms with Crippen LogP contribution in [0.3, 0.4) is 0 Å². The monoisotopic (exact) mass is 282 g/mol. The first-order valence-corrected chi connectivity index (χ1v) is 6.33. The summed E-state index contributed by atoms with van der Waals surface area (Å²) in [5, 5.41) is 0. The Kier molecular flexibility index (Phi) is 3.64. The summed E-state index contributed by atoms with van der Waals surface area (Å²) in [5.74, 6) is 0.551. The molecule has 16 heavy (non-hydrogen) atoms. The molecule has 2 atom stereocenters. The number of ether oxygens (including phenoxy) is 1. The summed E-state index contributed by atoms with van der Waals surface area (Å²) in [6, 6.07) is 8.38. The van der Waals surface area contributed by atoms with Crippen LogP contribution >= 0.6 is 15.9 Å². The zero-order valence-electron chi connectivity index (χ0n) is 9.28. The highest BCUT2D eigenvalue weighted by molar-refractivity contribution is 9.10. The third-order valence-electron chi connectivity index (χ3n) is 3.31. The van der Waals surface area contributed by atoms with Crippen LogP contribution in [0, 0.1) is 5.92 Å². The standard InChI is InChI=1S/C13H15BrO2/c1-16-13(15)11-3-2-10(8-11)9-4-6-12(14)7-5-9/h4-7,10-11H,2-3,8H2,1H3/t10-,11?/m1/s1. The predicted molar refractivity (Wildman–Crippen MR) is 66.2 cm³/mol. The average Bonchev–Trinajstić information content (AvgIpc) is 2.78. The maximum absolute atomic E-state index is 11.4. The zero-order valence-corrected chi connectivity index (χ0v) is 10.9. The molecule has 1 fully saturated rings. The molecule has 0 bridgehead atoms. The van der Waals surface area contributed by atoms with Crippen molar-refractivity contribution in [2.45, 2.75) is 25.2 Å². The Hall–Kier alpha value is -0.830. The zero-order chi connectivity index (χ0) is 11.5. The smallest absolute Gasteiger partial charge is 0.308 e. The highest BCUT2D eigenvalue weighted by Gasteiger charge is 2.31.